The smallest absolute Gasteiger partial charge is 0.331 e. The highest BCUT2D eigenvalue weighted by atomic mass is 35.5. The maximum Gasteiger partial charge on any atom is 0.331 e. The molecule has 0 aliphatic rings. The van der Waals surface area contributed by atoms with E-state index in [1.165, 1.54) is 38.3 Å². The van der Waals surface area contributed by atoms with Gasteiger partial charge in [-0.2, -0.15) is 0 Å². The molecule has 1 atom stereocenters. The Morgan fingerprint density at radius 2 is 1.59 bits per heavy atom. The number of methoxy groups -OCH3 is 1. The number of aromatic nitrogens is 2. The van der Waals surface area contributed by atoms with Gasteiger partial charge in [-0.1, -0.05) is 32.0 Å². The Kier molecular flexibility index (Phi) is 8.74. The van der Waals surface area contributed by atoms with Gasteiger partial charge in [0.25, 0.3) is 5.56 Å². The van der Waals surface area contributed by atoms with E-state index in [9.17, 15) is 18.4 Å². The zero-order valence-corrected chi connectivity index (χ0v) is 20.1. The molecular weight excluding hydrogens is 471 g/mol. The van der Waals surface area contributed by atoms with Crippen LogP contribution >= 0.6 is 12.4 Å². The minimum atomic E-state index is -0.841. The molecule has 0 aliphatic heterocycles. The van der Waals surface area contributed by atoms with Gasteiger partial charge in [0, 0.05) is 29.4 Å². The summed E-state index contributed by atoms with van der Waals surface area (Å²) in [7, 11) is 1.29. The fourth-order valence-electron chi connectivity index (χ4n) is 3.58. The topological polar surface area (TPSA) is 79.2 Å². The standard InChI is InChI=1S/C24H26F3N3O3.ClH/c1-13(2)19(28)12-30-23(31)21(15-7-5-10-20(33-4)22(15)27)14(3)29(24(30)32)11-16-17(25)8-6-9-18(16)26;/h5-10,13,19H,11-12,28H2,1-4H3;1H/t19-;/m1./s1. The normalized spacial score (nSPS) is 11.9. The van der Waals surface area contributed by atoms with Gasteiger partial charge in [0.15, 0.2) is 11.6 Å². The fourth-order valence-corrected chi connectivity index (χ4v) is 3.58. The van der Waals surface area contributed by atoms with Crippen molar-refractivity contribution in [2.24, 2.45) is 11.7 Å². The van der Waals surface area contributed by atoms with Crippen LogP contribution < -0.4 is 21.7 Å². The molecule has 0 amide bonds. The second-order valence-corrected chi connectivity index (χ2v) is 8.17. The van der Waals surface area contributed by atoms with Gasteiger partial charge in [0.2, 0.25) is 0 Å². The molecule has 10 heteroatoms. The lowest BCUT2D eigenvalue weighted by atomic mass is 10.0. The molecule has 0 saturated heterocycles. The van der Waals surface area contributed by atoms with Crippen LogP contribution in [0.25, 0.3) is 11.1 Å². The first-order chi connectivity index (χ1) is 15.6. The van der Waals surface area contributed by atoms with Gasteiger partial charge >= 0.3 is 5.69 Å². The Hall–Kier alpha value is -3.04. The molecule has 34 heavy (non-hydrogen) atoms. The van der Waals surface area contributed by atoms with Gasteiger partial charge in [-0.3, -0.25) is 13.9 Å². The van der Waals surface area contributed by atoms with E-state index in [0.29, 0.717) is 0 Å². The van der Waals surface area contributed by atoms with E-state index in [0.717, 1.165) is 21.3 Å². The second-order valence-electron chi connectivity index (χ2n) is 8.17. The van der Waals surface area contributed by atoms with Crippen molar-refractivity contribution in [2.75, 3.05) is 7.11 Å². The molecule has 0 radical (unpaired) electrons. The van der Waals surface area contributed by atoms with E-state index in [1.54, 1.807) is 0 Å². The van der Waals surface area contributed by atoms with E-state index in [-0.39, 0.29) is 53.0 Å². The number of nitrogens with zero attached hydrogens (tertiary/aromatic N) is 2. The minimum Gasteiger partial charge on any atom is -0.494 e. The molecule has 1 aromatic heterocycles. The van der Waals surface area contributed by atoms with Gasteiger partial charge in [-0.05, 0) is 31.0 Å². The molecule has 3 aromatic rings. The van der Waals surface area contributed by atoms with E-state index in [1.807, 2.05) is 13.8 Å². The van der Waals surface area contributed by atoms with Crippen LogP contribution in [0.4, 0.5) is 13.2 Å². The van der Waals surface area contributed by atoms with Crippen molar-refractivity contribution in [1.82, 2.24) is 9.13 Å². The quantitative estimate of drug-likeness (QED) is 0.537. The number of hydrogen-bond donors (Lipinski definition) is 1. The number of benzene rings is 2. The Morgan fingerprint density at radius 3 is 2.15 bits per heavy atom. The van der Waals surface area contributed by atoms with Crippen molar-refractivity contribution >= 4 is 12.4 Å². The molecule has 184 valence electrons. The maximum atomic E-state index is 15.1. The molecule has 2 N–H and O–H groups in total. The third-order valence-corrected chi connectivity index (χ3v) is 5.77. The Labute approximate surface area is 201 Å². The Morgan fingerprint density at radius 1 is 1.00 bits per heavy atom. The van der Waals surface area contributed by atoms with Gasteiger partial charge in [0.05, 0.1) is 19.2 Å². The van der Waals surface area contributed by atoms with E-state index in [2.05, 4.69) is 0 Å². The highest BCUT2D eigenvalue weighted by molar-refractivity contribution is 5.85. The van der Waals surface area contributed by atoms with Gasteiger partial charge < -0.3 is 10.5 Å². The maximum absolute atomic E-state index is 15.1. The molecule has 3 rings (SSSR count). The van der Waals surface area contributed by atoms with E-state index in [4.69, 9.17) is 10.5 Å². The average Bonchev–Trinajstić information content (AvgIpc) is 2.76. The van der Waals surface area contributed by atoms with Crippen LogP contribution in [0.3, 0.4) is 0 Å². The molecule has 0 unspecified atom stereocenters. The summed E-state index contributed by atoms with van der Waals surface area (Å²) in [5.74, 6) is -2.62. The second kappa shape index (κ2) is 10.9. The van der Waals surface area contributed by atoms with Gasteiger partial charge in [-0.15, -0.1) is 12.4 Å². The summed E-state index contributed by atoms with van der Waals surface area (Å²) in [5.41, 5.74) is 4.10. The van der Waals surface area contributed by atoms with E-state index >= 15 is 4.39 Å². The highest BCUT2D eigenvalue weighted by Crippen LogP contribution is 2.29. The van der Waals surface area contributed by atoms with Crippen molar-refractivity contribution in [2.45, 2.75) is 39.9 Å². The zero-order chi connectivity index (χ0) is 24.4. The largest absolute Gasteiger partial charge is 0.494 e. The average molecular weight is 498 g/mol. The van der Waals surface area contributed by atoms with Crippen molar-refractivity contribution in [3.8, 4) is 16.9 Å². The van der Waals surface area contributed by atoms with Crippen molar-refractivity contribution in [1.29, 1.82) is 0 Å². The van der Waals surface area contributed by atoms with Crippen LogP contribution in [0.15, 0.2) is 46.0 Å². The molecule has 1 heterocycles. The summed E-state index contributed by atoms with van der Waals surface area (Å²) in [4.78, 5) is 26.7. The molecular formula is C24H27ClF3N3O3. The zero-order valence-electron chi connectivity index (χ0n) is 19.3. The Balaban J connectivity index is 0.00000408. The molecule has 0 aliphatic carbocycles. The van der Waals surface area contributed by atoms with Crippen LogP contribution in [-0.4, -0.2) is 22.3 Å². The summed E-state index contributed by atoms with van der Waals surface area (Å²) in [6.07, 6.45) is 0. The van der Waals surface area contributed by atoms with Gasteiger partial charge in [-0.25, -0.2) is 18.0 Å². The van der Waals surface area contributed by atoms with Crippen LogP contribution in [0.2, 0.25) is 0 Å². The monoisotopic (exact) mass is 497 g/mol. The lowest BCUT2D eigenvalue weighted by molar-refractivity contribution is 0.387. The van der Waals surface area contributed by atoms with Crippen LogP contribution in [-0.2, 0) is 13.1 Å². The number of halogens is 4. The lowest BCUT2D eigenvalue weighted by Crippen LogP contribution is -2.47. The number of hydrogen-bond acceptors (Lipinski definition) is 4. The molecule has 6 nitrogen and oxygen atoms in total. The summed E-state index contributed by atoms with van der Waals surface area (Å²) < 4.78 is 50.8. The van der Waals surface area contributed by atoms with Gasteiger partial charge in [0.1, 0.15) is 11.6 Å². The number of rotatable bonds is 7. The predicted molar refractivity (Wildman–Crippen MR) is 127 cm³/mol. The predicted octanol–water partition coefficient (Wildman–Crippen LogP) is 3.86. The van der Waals surface area contributed by atoms with Crippen molar-refractivity contribution < 1.29 is 17.9 Å². The number of ether oxygens (including phenoxy) is 1. The van der Waals surface area contributed by atoms with Crippen molar-refractivity contribution in [3.05, 3.63) is 85.9 Å². The first-order valence-corrected chi connectivity index (χ1v) is 10.4. The summed E-state index contributed by atoms with van der Waals surface area (Å²) in [6, 6.07) is 7.09. The summed E-state index contributed by atoms with van der Waals surface area (Å²) >= 11 is 0. The first-order valence-electron chi connectivity index (χ1n) is 10.4. The molecule has 0 fully saturated rings. The molecule has 0 bridgehead atoms. The first kappa shape index (κ1) is 27.2. The third kappa shape index (κ3) is 5.05. The molecule has 0 saturated carbocycles. The van der Waals surface area contributed by atoms with E-state index < -0.39 is 41.3 Å². The Bertz CT molecular complexity index is 1280. The summed E-state index contributed by atoms with van der Waals surface area (Å²) in [6.45, 7) is 4.47. The minimum absolute atomic E-state index is 0. The fraction of sp³-hybridized carbons (Fsp3) is 0.333. The highest BCUT2D eigenvalue weighted by Gasteiger charge is 2.24. The lowest BCUT2D eigenvalue weighted by Gasteiger charge is -2.21. The summed E-state index contributed by atoms with van der Waals surface area (Å²) in [5, 5.41) is 0. The molecule has 2 aromatic carbocycles. The van der Waals surface area contributed by atoms with Crippen LogP contribution in [0.5, 0.6) is 5.75 Å². The van der Waals surface area contributed by atoms with Crippen LogP contribution in [0.1, 0.15) is 25.1 Å². The van der Waals surface area contributed by atoms with Crippen molar-refractivity contribution in [3.63, 3.8) is 0 Å². The third-order valence-electron chi connectivity index (χ3n) is 5.77. The number of nitrogens with two attached hydrogens (primary N) is 1. The molecule has 0 spiro atoms. The van der Waals surface area contributed by atoms with Crippen LogP contribution in [0, 0.1) is 30.3 Å². The SMILES string of the molecule is COc1cccc(-c2c(C)n(Cc3c(F)cccc3F)c(=O)n(C[C@@H](N)C(C)C)c2=O)c1F.Cl.